The van der Waals surface area contributed by atoms with Crippen molar-refractivity contribution in [3.63, 3.8) is 0 Å². The highest BCUT2D eigenvalue weighted by Crippen LogP contribution is 2.27. The molecule has 0 saturated carbocycles. The van der Waals surface area contributed by atoms with Gasteiger partial charge in [-0.2, -0.15) is 17.0 Å². The average Bonchev–Trinajstić information content (AvgIpc) is 2.77. The Morgan fingerprint density at radius 3 is 2.27 bits per heavy atom. The van der Waals surface area contributed by atoms with Crippen LogP contribution in [0.15, 0.2) is 42.5 Å². The lowest BCUT2D eigenvalue weighted by molar-refractivity contribution is -0.140. The van der Waals surface area contributed by atoms with Gasteiger partial charge in [-0.15, -0.1) is 0 Å². The van der Waals surface area contributed by atoms with Gasteiger partial charge in [0.25, 0.3) is 10.2 Å². The molecule has 2 aromatic rings. The number of fused-ring (bicyclic) bond motifs is 1. The maximum atomic E-state index is 13.4. The molecule has 0 unspecified atom stereocenters. The number of esters is 1. The van der Waals surface area contributed by atoms with Crippen molar-refractivity contribution in [2.75, 3.05) is 34.4 Å². The minimum absolute atomic E-state index is 0.0247. The van der Waals surface area contributed by atoms with E-state index in [0.29, 0.717) is 30.0 Å². The van der Waals surface area contributed by atoms with E-state index in [1.165, 1.54) is 25.6 Å². The number of carbonyl (C=O) groups excluding carboxylic acids is 1. The van der Waals surface area contributed by atoms with E-state index in [0.717, 1.165) is 15.4 Å². The van der Waals surface area contributed by atoms with Gasteiger partial charge >= 0.3 is 5.97 Å². The van der Waals surface area contributed by atoms with Crippen molar-refractivity contribution in [3.05, 3.63) is 59.2 Å². The molecule has 162 valence electrons. The van der Waals surface area contributed by atoms with Crippen molar-refractivity contribution >= 4 is 16.2 Å². The molecule has 0 saturated heterocycles. The molecule has 1 heterocycles. The monoisotopic (exact) mass is 434 g/mol. The van der Waals surface area contributed by atoms with Crippen molar-refractivity contribution in [1.29, 1.82) is 0 Å². The standard InChI is InChI=1S/C21H26N2O6S/c1-27-19-10-16(11-20(12-19)28-2)13-23(15-21(24)29-3)30(25,26)22-9-8-17-6-4-5-7-18(17)14-22/h4-7,10-12H,8-9,13-15H2,1-3H3. The maximum absolute atomic E-state index is 13.4. The summed E-state index contributed by atoms with van der Waals surface area (Å²) in [6, 6.07) is 12.9. The van der Waals surface area contributed by atoms with E-state index in [2.05, 4.69) is 0 Å². The third kappa shape index (κ3) is 4.92. The first-order valence-electron chi connectivity index (χ1n) is 9.48. The van der Waals surface area contributed by atoms with Gasteiger partial charge in [0.2, 0.25) is 0 Å². The molecule has 0 atom stereocenters. The van der Waals surface area contributed by atoms with Gasteiger partial charge in [-0.3, -0.25) is 4.79 Å². The van der Waals surface area contributed by atoms with Crippen LogP contribution < -0.4 is 9.47 Å². The summed E-state index contributed by atoms with van der Waals surface area (Å²) in [5.74, 6) is 0.434. The molecule has 8 nitrogen and oxygen atoms in total. The second-order valence-electron chi connectivity index (χ2n) is 6.93. The van der Waals surface area contributed by atoms with Crippen molar-refractivity contribution in [3.8, 4) is 11.5 Å². The van der Waals surface area contributed by atoms with Crippen LogP contribution >= 0.6 is 0 Å². The fourth-order valence-electron chi connectivity index (χ4n) is 3.42. The third-order valence-electron chi connectivity index (χ3n) is 5.05. The summed E-state index contributed by atoms with van der Waals surface area (Å²) in [5.41, 5.74) is 2.74. The Balaban J connectivity index is 1.90. The smallest absolute Gasteiger partial charge is 0.321 e. The van der Waals surface area contributed by atoms with Gasteiger partial charge < -0.3 is 14.2 Å². The summed E-state index contributed by atoms with van der Waals surface area (Å²) >= 11 is 0. The second-order valence-corrected chi connectivity index (χ2v) is 8.85. The molecule has 30 heavy (non-hydrogen) atoms. The molecule has 0 fully saturated rings. The van der Waals surface area contributed by atoms with Crippen molar-refractivity contribution in [1.82, 2.24) is 8.61 Å². The van der Waals surface area contributed by atoms with Gasteiger partial charge in [-0.1, -0.05) is 24.3 Å². The number of nitrogens with zero attached hydrogens (tertiary/aromatic N) is 2. The van der Waals surface area contributed by atoms with E-state index in [1.54, 1.807) is 18.2 Å². The highest BCUT2D eigenvalue weighted by Gasteiger charge is 2.34. The van der Waals surface area contributed by atoms with E-state index >= 15 is 0 Å². The molecule has 3 rings (SSSR count). The van der Waals surface area contributed by atoms with Crippen LogP contribution in [0.25, 0.3) is 0 Å². The number of ether oxygens (including phenoxy) is 3. The van der Waals surface area contributed by atoms with Gasteiger partial charge in [0, 0.05) is 25.7 Å². The van der Waals surface area contributed by atoms with Crippen molar-refractivity contribution in [2.45, 2.75) is 19.5 Å². The van der Waals surface area contributed by atoms with Crippen molar-refractivity contribution in [2.24, 2.45) is 0 Å². The van der Waals surface area contributed by atoms with Gasteiger partial charge in [0.15, 0.2) is 0 Å². The molecule has 0 N–H and O–H groups in total. The summed E-state index contributed by atoms with van der Waals surface area (Å²) in [6.07, 6.45) is 0.619. The number of carbonyl (C=O) groups is 1. The summed E-state index contributed by atoms with van der Waals surface area (Å²) in [4.78, 5) is 12.0. The Morgan fingerprint density at radius 1 is 1.03 bits per heavy atom. The van der Waals surface area contributed by atoms with E-state index in [4.69, 9.17) is 14.2 Å². The Hall–Kier alpha value is -2.62. The summed E-state index contributed by atoms with van der Waals surface area (Å²) in [5, 5.41) is 0. The lowest BCUT2D eigenvalue weighted by Crippen LogP contribution is -2.47. The van der Waals surface area contributed by atoms with E-state index in [1.807, 2.05) is 24.3 Å². The Morgan fingerprint density at radius 2 is 1.67 bits per heavy atom. The second kappa shape index (κ2) is 9.46. The summed E-state index contributed by atoms with van der Waals surface area (Å²) in [7, 11) is 0.351. The van der Waals surface area contributed by atoms with E-state index in [-0.39, 0.29) is 13.1 Å². The van der Waals surface area contributed by atoms with Gasteiger partial charge in [-0.05, 0) is 35.2 Å². The van der Waals surface area contributed by atoms with Crippen LogP contribution in [0.2, 0.25) is 0 Å². The molecule has 0 spiro atoms. The minimum atomic E-state index is -3.93. The molecular formula is C21H26N2O6S. The Labute approximate surface area is 177 Å². The third-order valence-corrected chi connectivity index (χ3v) is 6.93. The van der Waals surface area contributed by atoms with Crippen LogP contribution in [0.5, 0.6) is 11.5 Å². The fourth-order valence-corrected chi connectivity index (χ4v) is 4.95. The molecule has 0 amide bonds. The zero-order chi connectivity index (χ0) is 21.7. The van der Waals surface area contributed by atoms with Crippen LogP contribution in [0.3, 0.4) is 0 Å². The summed E-state index contributed by atoms with van der Waals surface area (Å²) < 4.78 is 44.7. The fraction of sp³-hybridized carbons (Fsp3) is 0.381. The molecule has 2 aromatic carbocycles. The number of hydrogen-bond acceptors (Lipinski definition) is 6. The van der Waals surface area contributed by atoms with Crippen LogP contribution in [-0.2, 0) is 39.3 Å². The molecule has 0 aromatic heterocycles. The lowest BCUT2D eigenvalue weighted by atomic mass is 10.0. The minimum Gasteiger partial charge on any atom is -0.497 e. The van der Waals surface area contributed by atoms with Gasteiger partial charge in [0.05, 0.1) is 21.3 Å². The predicted molar refractivity (Wildman–Crippen MR) is 111 cm³/mol. The normalized spacial score (nSPS) is 14.3. The average molecular weight is 435 g/mol. The van der Waals surface area contributed by atoms with Crippen LogP contribution in [0.4, 0.5) is 0 Å². The van der Waals surface area contributed by atoms with E-state index in [9.17, 15) is 13.2 Å². The SMILES string of the molecule is COC(=O)CN(Cc1cc(OC)cc(OC)c1)S(=O)(=O)N1CCc2ccccc2C1. The zero-order valence-electron chi connectivity index (χ0n) is 17.3. The molecule has 1 aliphatic heterocycles. The number of rotatable bonds is 8. The van der Waals surface area contributed by atoms with E-state index < -0.39 is 22.7 Å². The first-order chi connectivity index (χ1) is 14.4. The lowest BCUT2D eigenvalue weighted by Gasteiger charge is -2.32. The largest absolute Gasteiger partial charge is 0.497 e. The quantitative estimate of drug-likeness (QED) is 0.591. The maximum Gasteiger partial charge on any atom is 0.321 e. The molecule has 0 radical (unpaired) electrons. The Kier molecular flexibility index (Phi) is 6.96. The Bertz CT molecular complexity index is 986. The topological polar surface area (TPSA) is 85.4 Å². The number of methoxy groups -OCH3 is 3. The number of hydrogen-bond donors (Lipinski definition) is 0. The highest BCUT2D eigenvalue weighted by molar-refractivity contribution is 7.86. The van der Waals surface area contributed by atoms with Crippen LogP contribution in [-0.4, -0.2) is 57.4 Å². The van der Waals surface area contributed by atoms with Crippen LogP contribution in [0.1, 0.15) is 16.7 Å². The molecular weight excluding hydrogens is 408 g/mol. The van der Waals surface area contributed by atoms with Gasteiger partial charge in [0.1, 0.15) is 18.0 Å². The molecule has 0 aliphatic carbocycles. The molecule has 0 bridgehead atoms. The van der Waals surface area contributed by atoms with Crippen LogP contribution in [0, 0.1) is 0 Å². The predicted octanol–water partition coefficient (Wildman–Crippen LogP) is 1.98. The summed E-state index contributed by atoms with van der Waals surface area (Å²) in [6.45, 7) is 0.190. The zero-order valence-corrected chi connectivity index (χ0v) is 18.1. The van der Waals surface area contributed by atoms with Gasteiger partial charge in [-0.25, -0.2) is 0 Å². The highest BCUT2D eigenvalue weighted by atomic mass is 32.2. The molecule has 9 heteroatoms. The number of benzene rings is 2. The molecule has 1 aliphatic rings. The van der Waals surface area contributed by atoms with Crippen molar-refractivity contribution < 1.29 is 27.4 Å². The first kappa shape index (κ1) is 22.1. The first-order valence-corrected chi connectivity index (χ1v) is 10.9.